The van der Waals surface area contributed by atoms with E-state index in [2.05, 4.69) is 5.16 Å². The Morgan fingerprint density at radius 1 is 1.77 bits per heavy atom. The lowest BCUT2D eigenvalue weighted by Gasteiger charge is -2.43. The van der Waals surface area contributed by atoms with Crippen molar-refractivity contribution in [2.45, 2.75) is 12.5 Å². The van der Waals surface area contributed by atoms with Crippen molar-refractivity contribution in [2.24, 2.45) is 0 Å². The first kappa shape index (κ1) is 8.25. The fourth-order valence-corrected chi connectivity index (χ4v) is 1.40. The van der Waals surface area contributed by atoms with Crippen molar-refractivity contribution in [1.29, 1.82) is 0 Å². The highest BCUT2D eigenvalue weighted by Crippen LogP contribution is 2.21. The van der Waals surface area contributed by atoms with Crippen LogP contribution in [-0.2, 0) is 0 Å². The van der Waals surface area contributed by atoms with Crippen LogP contribution in [0.1, 0.15) is 17.5 Å². The van der Waals surface area contributed by atoms with Crippen LogP contribution in [-0.4, -0.2) is 39.8 Å². The third-order valence-electron chi connectivity index (χ3n) is 2.00. The second-order valence-electron chi connectivity index (χ2n) is 3.53. The molecule has 13 heavy (non-hydrogen) atoms. The van der Waals surface area contributed by atoms with Gasteiger partial charge in [-0.1, -0.05) is 5.16 Å². The maximum absolute atomic E-state index is 11.5. The van der Waals surface area contributed by atoms with E-state index < -0.39 is 5.60 Å². The van der Waals surface area contributed by atoms with E-state index in [0.717, 1.165) is 0 Å². The van der Waals surface area contributed by atoms with Gasteiger partial charge in [-0.25, -0.2) is 0 Å². The maximum atomic E-state index is 11.5. The Balaban J connectivity index is 2.02. The topological polar surface area (TPSA) is 66.6 Å². The SMILES string of the molecule is CC1(O)CN(C(=O)c2ccno2)C1. The molecule has 1 aliphatic rings. The van der Waals surface area contributed by atoms with Gasteiger partial charge in [0, 0.05) is 6.07 Å². The van der Waals surface area contributed by atoms with E-state index in [1.807, 2.05) is 0 Å². The van der Waals surface area contributed by atoms with Crippen LogP contribution in [0.2, 0.25) is 0 Å². The Morgan fingerprint density at radius 3 is 2.92 bits per heavy atom. The summed E-state index contributed by atoms with van der Waals surface area (Å²) in [5.41, 5.74) is -0.740. The summed E-state index contributed by atoms with van der Waals surface area (Å²) >= 11 is 0. The normalized spacial score (nSPS) is 19.7. The van der Waals surface area contributed by atoms with Crippen LogP contribution >= 0.6 is 0 Å². The number of hydrogen-bond donors (Lipinski definition) is 1. The van der Waals surface area contributed by atoms with Crippen LogP contribution in [0.5, 0.6) is 0 Å². The minimum absolute atomic E-state index is 0.218. The molecule has 1 aromatic rings. The molecule has 1 saturated heterocycles. The molecule has 2 rings (SSSR count). The van der Waals surface area contributed by atoms with E-state index in [9.17, 15) is 9.90 Å². The van der Waals surface area contributed by atoms with E-state index in [1.165, 1.54) is 17.2 Å². The first-order valence-electron chi connectivity index (χ1n) is 4.01. The van der Waals surface area contributed by atoms with Crippen molar-refractivity contribution < 1.29 is 14.4 Å². The molecule has 1 aliphatic heterocycles. The molecule has 70 valence electrons. The number of likely N-dealkylation sites (tertiary alicyclic amines) is 1. The Hall–Kier alpha value is -1.36. The average Bonchev–Trinajstić information content (AvgIpc) is 2.50. The first-order valence-corrected chi connectivity index (χ1v) is 4.01. The molecular weight excluding hydrogens is 172 g/mol. The molecule has 0 spiro atoms. The van der Waals surface area contributed by atoms with Gasteiger partial charge in [-0.05, 0) is 6.92 Å². The third kappa shape index (κ3) is 1.42. The number of β-amino-alcohol motifs (C(OH)–C–C–N with tert-alkyl or cyclic N) is 1. The van der Waals surface area contributed by atoms with Gasteiger partial charge in [0.25, 0.3) is 5.91 Å². The van der Waals surface area contributed by atoms with Crippen LogP contribution in [0, 0.1) is 0 Å². The second kappa shape index (κ2) is 2.56. The minimum atomic E-state index is -0.740. The van der Waals surface area contributed by atoms with Gasteiger partial charge in [-0.15, -0.1) is 0 Å². The molecule has 5 heteroatoms. The molecule has 0 aromatic carbocycles. The summed E-state index contributed by atoms with van der Waals surface area (Å²) in [5, 5.41) is 12.8. The average molecular weight is 182 g/mol. The molecule has 0 bridgehead atoms. The van der Waals surface area contributed by atoms with Crippen molar-refractivity contribution in [2.75, 3.05) is 13.1 Å². The van der Waals surface area contributed by atoms with Crippen molar-refractivity contribution in [3.8, 4) is 0 Å². The molecule has 1 aromatic heterocycles. The van der Waals surface area contributed by atoms with E-state index in [1.54, 1.807) is 6.92 Å². The molecule has 1 amide bonds. The summed E-state index contributed by atoms with van der Waals surface area (Å²) in [6.45, 7) is 2.40. The predicted molar refractivity (Wildman–Crippen MR) is 43.0 cm³/mol. The summed E-state index contributed by atoms with van der Waals surface area (Å²) in [7, 11) is 0. The molecule has 0 saturated carbocycles. The minimum Gasteiger partial charge on any atom is -0.386 e. The lowest BCUT2D eigenvalue weighted by Crippen LogP contribution is -2.61. The van der Waals surface area contributed by atoms with Crippen LogP contribution in [0.15, 0.2) is 16.8 Å². The summed E-state index contributed by atoms with van der Waals surface area (Å²) < 4.78 is 4.70. The number of aliphatic hydroxyl groups is 1. The number of nitrogens with zero attached hydrogens (tertiary/aromatic N) is 2. The quantitative estimate of drug-likeness (QED) is 0.657. The molecule has 1 N–H and O–H groups in total. The number of aromatic nitrogens is 1. The number of carbonyl (C=O) groups is 1. The van der Waals surface area contributed by atoms with Gasteiger partial charge in [0.05, 0.1) is 24.9 Å². The van der Waals surface area contributed by atoms with E-state index in [4.69, 9.17) is 4.52 Å². The molecule has 0 atom stereocenters. The highest BCUT2D eigenvalue weighted by atomic mass is 16.5. The van der Waals surface area contributed by atoms with E-state index in [-0.39, 0.29) is 11.7 Å². The van der Waals surface area contributed by atoms with Crippen molar-refractivity contribution >= 4 is 5.91 Å². The summed E-state index contributed by atoms with van der Waals surface area (Å²) in [4.78, 5) is 13.0. The molecule has 2 heterocycles. The molecule has 0 radical (unpaired) electrons. The molecule has 0 unspecified atom stereocenters. The van der Waals surface area contributed by atoms with Crippen LogP contribution in [0.25, 0.3) is 0 Å². The standard InChI is InChI=1S/C8H10N2O3/c1-8(12)4-10(5-8)7(11)6-2-3-9-13-6/h2-3,12H,4-5H2,1H3. The Labute approximate surface area is 74.9 Å². The fraction of sp³-hybridized carbons (Fsp3) is 0.500. The van der Waals surface area contributed by atoms with Crippen molar-refractivity contribution in [3.05, 3.63) is 18.0 Å². The predicted octanol–water partition coefficient (Wildman–Crippen LogP) is -0.119. The van der Waals surface area contributed by atoms with Crippen molar-refractivity contribution in [1.82, 2.24) is 10.1 Å². The summed E-state index contributed by atoms with van der Waals surface area (Å²) in [6, 6.07) is 1.51. The smallest absolute Gasteiger partial charge is 0.292 e. The van der Waals surface area contributed by atoms with E-state index in [0.29, 0.717) is 13.1 Å². The lowest BCUT2D eigenvalue weighted by atomic mass is 9.97. The van der Waals surface area contributed by atoms with Gasteiger partial charge in [0.15, 0.2) is 0 Å². The zero-order valence-corrected chi connectivity index (χ0v) is 7.23. The number of carbonyl (C=O) groups excluding carboxylic acids is 1. The summed E-state index contributed by atoms with van der Waals surface area (Å²) in [5.74, 6) is -0.000440. The van der Waals surface area contributed by atoms with Crippen molar-refractivity contribution in [3.63, 3.8) is 0 Å². The van der Waals surface area contributed by atoms with Gasteiger partial charge in [-0.3, -0.25) is 4.79 Å². The van der Waals surface area contributed by atoms with Crippen LogP contribution in [0.3, 0.4) is 0 Å². The molecule has 0 aliphatic carbocycles. The Morgan fingerprint density at radius 2 is 2.46 bits per heavy atom. The zero-order chi connectivity index (χ0) is 9.47. The number of rotatable bonds is 1. The Kier molecular flexibility index (Phi) is 1.63. The summed E-state index contributed by atoms with van der Waals surface area (Å²) in [6.07, 6.45) is 1.42. The highest BCUT2D eigenvalue weighted by Gasteiger charge is 2.40. The molecular formula is C8H10N2O3. The van der Waals surface area contributed by atoms with Gasteiger partial charge < -0.3 is 14.5 Å². The largest absolute Gasteiger partial charge is 0.386 e. The molecule has 5 nitrogen and oxygen atoms in total. The maximum Gasteiger partial charge on any atom is 0.292 e. The van der Waals surface area contributed by atoms with Crippen LogP contribution in [0.4, 0.5) is 0 Å². The third-order valence-corrected chi connectivity index (χ3v) is 2.00. The number of hydrogen-bond acceptors (Lipinski definition) is 4. The zero-order valence-electron chi connectivity index (χ0n) is 7.23. The van der Waals surface area contributed by atoms with E-state index >= 15 is 0 Å². The fourth-order valence-electron chi connectivity index (χ4n) is 1.40. The van der Waals surface area contributed by atoms with Gasteiger partial charge >= 0.3 is 0 Å². The first-order chi connectivity index (χ1) is 6.08. The Bertz CT molecular complexity index is 310. The number of amides is 1. The van der Waals surface area contributed by atoms with Crippen LogP contribution < -0.4 is 0 Å². The molecule has 1 fully saturated rings. The monoisotopic (exact) mass is 182 g/mol. The van der Waals surface area contributed by atoms with Gasteiger partial charge in [0.2, 0.25) is 5.76 Å². The second-order valence-corrected chi connectivity index (χ2v) is 3.53. The lowest BCUT2D eigenvalue weighted by molar-refractivity contribution is -0.0680. The highest BCUT2D eigenvalue weighted by molar-refractivity contribution is 5.92. The van der Waals surface area contributed by atoms with Gasteiger partial charge in [0.1, 0.15) is 0 Å². The van der Waals surface area contributed by atoms with Gasteiger partial charge in [-0.2, -0.15) is 0 Å².